The quantitative estimate of drug-likeness (QED) is 0.765. The Morgan fingerprint density at radius 3 is 2.88 bits per heavy atom. The number of carbonyl (C=O) groups excluding carboxylic acids is 1. The second kappa shape index (κ2) is 6.79. The fourth-order valence-corrected chi connectivity index (χ4v) is 5.53. The number of ether oxygens (including phenoxy) is 1. The average molecular weight is 393 g/mol. The predicted molar refractivity (Wildman–Crippen MR) is 101 cm³/mol. The van der Waals surface area contributed by atoms with Gasteiger partial charge in [-0.1, -0.05) is 24.8 Å². The summed E-state index contributed by atoms with van der Waals surface area (Å²) in [6.45, 7) is 3.38. The van der Waals surface area contributed by atoms with Crippen molar-refractivity contribution < 1.29 is 18.6 Å². The Hall–Kier alpha value is -1.70. The van der Waals surface area contributed by atoms with E-state index in [1.165, 1.54) is 0 Å². The minimum atomic E-state index is -2.63. The van der Waals surface area contributed by atoms with Crippen molar-refractivity contribution in [2.45, 2.75) is 31.8 Å². The van der Waals surface area contributed by atoms with E-state index >= 15 is 0 Å². The van der Waals surface area contributed by atoms with E-state index < -0.39 is 6.64 Å². The Balaban J connectivity index is 1.46. The lowest BCUT2D eigenvalue weighted by Gasteiger charge is -2.34. The third kappa shape index (κ3) is 3.43. The van der Waals surface area contributed by atoms with Gasteiger partial charge in [-0.15, -0.1) is 0 Å². The van der Waals surface area contributed by atoms with Crippen molar-refractivity contribution in [1.82, 2.24) is 10.2 Å². The number of nitrogens with zero attached hydrogens (tertiary/aromatic N) is 1. The largest absolute Gasteiger partial charge is 0.350 e. The molecule has 2 unspecified atom stereocenters. The normalized spacial score (nSPS) is 34.1. The van der Waals surface area contributed by atoms with E-state index in [4.69, 9.17) is 25.6 Å². The first kappa shape index (κ1) is 17.7. The van der Waals surface area contributed by atoms with E-state index in [1.807, 2.05) is 35.2 Å². The van der Waals surface area contributed by atoms with Gasteiger partial charge in [-0.3, -0.25) is 4.79 Å². The van der Waals surface area contributed by atoms with Crippen LogP contribution in [0.15, 0.2) is 54.5 Å². The Bertz CT molecular complexity index is 815. The van der Waals surface area contributed by atoms with Gasteiger partial charge in [-0.25, -0.2) is 0 Å². The monoisotopic (exact) mass is 393 g/mol. The van der Waals surface area contributed by atoms with Gasteiger partial charge >= 0.3 is 0 Å². The highest BCUT2D eigenvalue weighted by molar-refractivity contribution is 8.10. The molecule has 0 aromatic heterocycles. The summed E-state index contributed by atoms with van der Waals surface area (Å²) in [5, 5.41) is 5.94. The van der Waals surface area contributed by atoms with Gasteiger partial charge in [0.2, 0.25) is 0 Å². The number of fused-ring (bicyclic) bond motifs is 1. The Labute approximate surface area is 157 Å². The van der Waals surface area contributed by atoms with Crippen molar-refractivity contribution in [1.29, 1.82) is 0 Å². The van der Waals surface area contributed by atoms with Crippen molar-refractivity contribution in [3.63, 3.8) is 0 Å². The van der Waals surface area contributed by atoms with E-state index in [1.54, 1.807) is 13.1 Å². The molecule has 0 spiro atoms. The lowest BCUT2D eigenvalue weighted by molar-refractivity contribution is -0.118. The molecular formula is C17H20N3O4PS. The van der Waals surface area contributed by atoms with Crippen molar-refractivity contribution in [3.05, 3.63) is 54.5 Å². The molecule has 0 bridgehead atoms. The zero-order valence-electron chi connectivity index (χ0n) is 14.3. The number of benzene rings is 1. The first-order valence-corrected chi connectivity index (χ1v) is 11.0. The van der Waals surface area contributed by atoms with Crippen LogP contribution in [0.4, 0.5) is 5.69 Å². The highest BCUT2D eigenvalue weighted by atomic mass is 32.5. The summed E-state index contributed by atoms with van der Waals surface area (Å²) in [4.78, 5) is 13.5. The average Bonchev–Trinajstić information content (AvgIpc) is 3.01. The number of hydrogen-bond donors (Lipinski definition) is 2. The highest BCUT2D eigenvalue weighted by Gasteiger charge is 2.46. The predicted octanol–water partition coefficient (Wildman–Crippen LogP) is 2.66. The third-order valence-corrected chi connectivity index (χ3v) is 6.89. The number of para-hydroxylation sites is 1. The minimum absolute atomic E-state index is 0.149. The number of rotatable bonds is 3. The van der Waals surface area contributed by atoms with Gasteiger partial charge in [0.05, 0.1) is 12.7 Å². The van der Waals surface area contributed by atoms with Gasteiger partial charge in [-0.05, 0) is 30.9 Å². The first-order chi connectivity index (χ1) is 12.4. The summed E-state index contributed by atoms with van der Waals surface area (Å²) in [6.07, 6.45) is 1.71. The van der Waals surface area contributed by atoms with Crippen LogP contribution in [-0.4, -0.2) is 35.8 Å². The second-order valence-electron chi connectivity index (χ2n) is 6.40. The molecule has 0 radical (unpaired) electrons. The molecule has 0 saturated carbocycles. The van der Waals surface area contributed by atoms with E-state index in [2.05, 4.69) is 17.0 Å². The molecule has 138 valence electrons. The molecule has 1 amide bonds. The SMILES string of the molecule is C=C1NC(=O)C(C)=CN1[C@H]1CC2OP(=S)(Nc3ccccc3)OC[C@H]2O1. The van der Waals surface area contributed by atoms with E-state index in [0.29, 0.717) is 24.4 Å². The summed E-state index contributed by atoms with van der Waals surface area (Å²) < 4.78 is 18.0. The Morgan fingerprint density at radius 2 is 2.12 bits per heavy atom. The van der Waals surface area contributed by atoms with Crippen molar-refractivity contribution in [2.75, 3.05) is 11.7 Å². The molecule has 0 aliphatic carbocycles. The smallest absolute Gasteiger partial charge is 0.287 e. The van der Waals surface area contributed by atoms with Crippen LogP contribution in [0.25, 0.3) is 0 Å². The highest BCUT2D eigenvalue weighted by Crippen LogP contribution is 2.55. The van der Waals surface area contributed by atoms with Crippen LogP contribution in [0.5, 0.6) is 0 Å². The molecule has 2 fully saturated rings. The molecule has 2 saturated heterocycles. The fourth-order valence-electron chi connectivity index (χ4n) is 3.14. The summed E-state index contributed by atoms with van der Waals surface area (Å²) >= 11 is 5.61. The lowest BCUT2D eigenvalue weighted by Crippen LogP contribution is -2.42. The van der Waals surface area contributed by atoms with Crippen LogP contribution in [0.1, 0.15) is 13.3 Å². The summed E-state index contributed by atoms with van der Waals surface area (Å²) in [6, 6.07) is 9.64. The van der Waals surface area contributed by atoms with Crippen LogP contribution >= 0.6 is 6.64 Å². The zero-order chi connectivity index (χ0) is 18.3. The summed E-state index contributed by atoms with van der Waals surface area (Å²) in [5.74, 6) is 0.343. The molecule has 3 aliphatic heterocycles. The van der Waals surface area contributed by atoms with E-state index in [-0.39, 0.29) is 24.3 Å². The molecule has 26 heavy (non-hydrogen) atoms. The van der Waals surface area contributed by atoms with Crippen LogP contribution in [0.3, 0.4) is 0 Å². The second-order valence-corrected chi connectivity index (χ2v) is 9.53. The third-order valence-electron chi connectivity index (χ3n) is 4.47. The zero-order valence-corrected chi connectivity index (χ0v) is 16.0. The number of anilines is 1. The number of amides is 1. The summed E-state index contributed by atoms with van der Waals surface area (Å²) in [7, 11) is 0. The van der Waals surface area contributed by atoms with Gasteiger partial charge < -0.3 is 29.1 Å². The molecule has 4 rings (SSSR count). The Kier molecular flexibility index (Phi) is 4.62. The van der Waals surface area contributed by atoms with Gasteiger partial charge in [0.25, 0.3) is 12.5 Å². The maximum atomic E-state index is 11.7. The molecule has 7 nitrogen and oxygen atoms in total. The van der Waals surface area contributed by atoms with Crippen molar-refractivity contribution >= 4 is 30.0 Å². The molecule has 1 aromatic carbocycles. The molecule has 9 heteroatoms. The number of nitrogens with one attached hydrogen (secondary N) is 2. The molecule has 1 aromatic rings. The van der Waals surface area contributed by atoms with Gasteiger partial charge in [0.15, 0.2) is 0 Å². The maximum absolute atomic E-state index is 11.7. The van der Waals surface area contributed by atoms with Gasteiger partial charge in [0.1, 0.15) is 18.2 Å². The minimum Gasteiger partial charge on any atom is -0.350 e. The molecule has 4 atom stereocenters. The van der Waals surface area contributed by atoms with Gasteiger partial charge in [0, 0.05) is 23.9 Å². The molecular weight excluding hydrogens is 373 g/mol. The van der Waals surface area contributed by atoms with Crippen LogP contribution in [0.2, 0.25) is 0 Å². The number of hydrogen-bond acceptors (Lipinski definition) is 6. The van der Waals surface area contributed by atoms with E-state index in [0.717, 1.165) is 5.69 Å². The Morgan fingerprint density at radius 1 is 1.35 bits per heavy atom. The number of carbonyl (C=O) groups is 1. The van der Waals surface area contributed by atoms with E-state index in [9.17, 15) is 4.79 Å². The van der Waals surface area contributed by atoms with Crippen LogP contribution < -0.4 is 10.4 Å². The summed E-state index contributed by atoms with van der Waals surface area (Å²) in [5.41, 5.74) is 1.47. The molecule has 3 aliphatic rings. The topological polar surface area (TPSA) is 72.1 Å². The fraction of sp³-hybridized carbons (Fsp3) is 0.353. The maximum Gasteiger partial charge on any atom is 0.287 e. The molecule has 2 N–H and O–H groups in total. The first-order valence-electron chi connectivity index (χ1n) is 8.32. The van der Waals surface area contributed by atoms with Crippen molar-refractivity contribution in [2.24, 2.45) is 0 Å². The van der Waals surface area contributed by atoms with Gasteiger partial charge in [-0.2, -0.15) is 0 Å². The van der Waals surface area contributed by atoms with Crippen LogP contribution in [0, 0.1) is 0 Å². The lowest BCUT2D eigenvalue weighted by atomic mass is 10.1. The van der Waals surface area contributed by atoms with Crippen LogP contribution in [-0.2, 0) is 30.4 Å². The standard InChI is InChI=1S/C17H20N3O4PS/c1-11-9-20(12(2)18-17(11)21)16-8-14-15(23-16)10-22-25(26,24-14)19-13-6-4-3-5-7-13/h3-7,9,14-16H,2,8,10H2,1H3,(H,18,21)(H,19,26)/t14?,15-,16-,25?/m1/s1. The van der Waals surface area contributed by atoms with Crippen molar-refractivity contribution in [3.8, 4) is 0 Å². The molecule has 3 heterocycles.